The molecule has 0 aromatic heterocycles. The monoisotopic (exact) mass is 336 g/mol. The normalized spacial score (nSPS) is 37.2. The SMILES string of the molecule is O=C1CCC2OCCNCCCCNCC3CCCC(C3)C2C1=O. The van der Waals surface area contributed by atoms with E-state index < -0.39 is 0 Å². The third-order valence-electron chi connectivity index (χ3n) is 5.97. The summed E-state index contributed by atoms with van der Waals surface area (Å²) in [6, 6.07) is 0. The van der Waals surface area contributed by atoms with Gasteiger partial charge < -0.3 is 15.4 Å². The van der Waals surface area contributed by atoms with Crippen LogP contribution in [-0.4, -0.2) is 50.5 Å². The fraction of sp³-hybridized carbons (Fsp3) is 0.895. The first-order chi connectivity index (χ1) is 11.8. The van der Waals surface area contributed by atoms with Crippen molar-refractivity contribution in [1.29, 1.82) is 0 Å². The molecule has 1 saturated heterocycles. The number of fused-ring (bicyclic) bond motifs is 4. The van der Waals surface area contributed by atoms with E-state index in [9.17, 15) is 9.59 Å². The second-order valence-corrected chi connectivity index (χ2v) is 7.72. The molecule has 2 bridgehead atoms. The second kappa shape index (κ2) is 9.07. The first-order valence-electron chi connectivity index (χ1n) is 9.86. The van der Waals surface area contributed by atoms with Crippen LogP contribution in [0.15, 0.2) is 0 Å². The Labute approximate surface area is 145 Å². The number of rotatable bonds is 0. The van der Waals surface area contributed by atoms with Gasteiger partial charge in [-0.25, -0.2) is 0 Å². The van der Waals surface area contributed by atoms with Gasteiger partial charge in [-0.3, -0.25) is 9.59 Å². The van der Waals surface area contributed by atoms with E-state index >= 15 is 0 Å². The molecule has 1 heterocycles. The maximum Gasteiger partial charge on any atom is 0.204 e. The van der Waals surface area contributed by atoms with Crippen LogP contribution < -0.4 is 10.6 Å². The van der Waals surface area contributed by atoms with Crippen molar-refractivity contribution in [3.05, 3.63) is 0 Å². The predicted octanol–water partition coefficient (Wildman–Crippen LogP) is 1.70. The van der Waals surface area contributed by atoms with E-state index in [1.54, 1.807) is 0 Å². The van der Waals surface area contributed by atoms with Gasteiger partial charge in [-0.1, -0.05) is 6.42 Å². The minimum atomic E-state index is -0.195. The lowest BCUT2D eigenvalue weighted by molar-refractivity contribution is -0.150. The highest BCUT2D eigenvalue weighted by atomic mass is 16.5. The first kappa shape index (κ1) is 18.0. The molecule has 2 aliphatic carbocycles. The molecule has 0 radical (unpaired) electrons. The van der Waals surface area contributed by atoms with Crippen molar-refractivity contribution in [2.24, 2.45) is 17.8 Å². The smallest absolute Gasteiger partial charge is 0.204 e. The van der Waals surface area contributed by atoms with Crippen LogP contribution in [0.4, 0.5) is 0 Å². The lowest BCUT2D eigenvalue weighted by atomic mass is 9.68. The molecule has 1 aliphatic heterocycles. The molecular formula is C19H32N2O3. The molecule has 3 fully saturated rings. The van der Waals surface area contributed by atoms with Crippen LogP contribution in [0.25, 0.3) is 0 Å². The zero-order valence-corrected chi connectivity index (χ0v) is 14.7. The lowest BCUT2D eigenvalue weighted by Crippen LogP contribution is -2.46. The molecule has 4 unspecified atom stereocenters. The molecule has 2 N–H and O–H groups in total. The van der Waals surface area contributed by atoms with Gasteiger partial charge in [-0.15, -0.1) is 0 Å². The Morgan fingerprint density at radius 3 is 2.62 bits per heavy atom. The average Bonchev–Trinajstić information content (AvgIpc) is 2.59. The molecule has 0 aromatic rings. The molecule has 3 aliphatic rings. The highest BCUT2D eigenvalue weighted by Crippen LogP contribution is 2.39. The van der Waals surface area contributed by atoms with Gasteiger partial charge in [0.05, 0.1) is 18.6 Å². The number of carbonyl (C=O) groups excluding carboxylic acids is 2. The van der Waals surface area contributed by atoms with Crippen LogP contribution in [0, 0.1) is 17.8 Å². The summed E-state index contributed by atoms with van der Waals surface area (Å²) in [5.41, 5.74) is 0. The maximum atomic E-state index is 12.6. The standard InChI is InChI=1S/C19H32N2O3/c22-16-6-7-17-18(19(16)23)15-5-3-4-14(12-15)13-21-9-2-1-8-20-10-11-24-17/h14-15,17-18,20-21H,1-13H2. The molecule has 5 heteroatoms. The van der Waals surface area contributed by atoms with Crippen molar-refractivity contribution in [2.45, 2.75) is 57.5 Å². The van der Waals surface area contributed by atoms with Crippen LogP contribution in [0.1, 0.15) is 51.4 Å². The Morgan fingerprint density at radius 1 is 0.917 bits per heavy atom. The highest BCUT2D eigenvalue weighted by molar-refractivity contribution is 6.38. The molecule has 0 spiro atoms. The van der Waals surface area contributed by atoms with E-state index in [-0.39, 0.29) is 23.6 Å². The topological polar surface area (TPSA) is 67.4 Å². The number of ketones is 2. The summed E-state index contributed by atoms with van der Waals surface area (Å²) in [7, 11) is 0. The first-order valence-corrected chi connectivity index (χ1v) is 9.86. The van der Waals surface area contributed by atoms with E-state index in [4.69, 9.17) is 4.74 Å². The van der Waals surface area contributed by atoms with Gasteiger partial charge in [0.2, 0.25) is 5.78 Å². The van der Waals surface area contributed by atoms with E-state index in [2.05, 4.69) is 10.6 Å². The van der Waals surface area contributed by atoms with Crippen LogP contribution in [0.2, 0.25) is 0 Å². The minimum Gasteiger partial charge on any atom is -0.376 e. The van der Waals surface area contributed by atoms with Crippen molar-refractivity contribution in [1.82, 2.24) is 10.6 Å². The molecule has 136 valence electrons. The fourth-order valence-corrected chi connectivity index (χ4v) is 4.69. The third kappa shape index (κ3) is 4.64. The van der Waals surface area contributed by atoms with Crippen molar-refractivity contribution in [3.8, 4) is 0 Å². The van der Waals surface area contributed by atoms with Crippen molar-refractivity contribution in [2.75, 3.05) is 32.8 Å². The molecular weight excluding hydrogens is 304 g/mol. The largest absolute Gasteiger partial charge is 0.376 e. The summed E-state index contributed by atoms with van der Waals surface area (Å²) >= 11 is 0. The van der Waals surface area contributed by atoms with Gasteiger partial charge in [0.1, 0.15) is 0 Å². The summed E-state index contributed by atoms with van der Waals surface area (Å²) in [6.45, 7) is 4.60. The van der Waals surface area contributed by atoms with Crippen LogP contribution in [0.5, 0.6) is 0 Å². The summed E-state index contributed by atoms with van der Waals surface area (Å²) < 4.78 is 6.08. The summed E-state index contributed by atoms with van der Waals surface area (Å²) in [5, 5.41) is 7.00. The molecule has 5 nitrogen and oxygen atoms in total. The van der Waals surface area contributed by atoms with E-state index in [0.717, 1.165) is 39.0 Å². The van der Waals surface area contributed by atoms with E-state index in [1.165, 1.54) is 25.7 Å². The number of Topliss-reactive ketones (excluding diaryl/α,β-unsaturated/α-hetero) is 2. The molecule has 2 saturated carbocycles. The quantitative estimate of drug-likeness (QED) is 0.659. The second-order valence-electron chi connectivity index (χ2n) is 7.72. The Balaban J connectivity index is 1.70. The number of nitrogens with one attached hydrogen (secondary N) is 2. The zero-order chi connectivity index (χ0) is 16.8. The Morgan fingerprint density at radius 2 is 1.75 bits per heavy atom. The Kier molecular flexibility index (Phi) is 6.81. The molecule has 3 rings (SSSR count). The van der Waals surface area contributed by atoms with E-state index in [0.29, 0.717) is 31.3 Å². The Bertz CT molecular complexity index is 440. The summed E-state index contributed by atoms with van der Waals surface area (Å²) in [6.07, 6.45) is 7.95. The molecule has 24 heavy (non-hydrogen) atoms. The van der Waals surface area contributed by atoms with Gasteiger partial charge in [0.15, 0.2) is 5.78 Å². The van der Waals surface area contributed by atoms with Gasteiger partial charge in [-0.2, -0.15) is 0 Å². The van der Waals surface area contributed by atoms with Gasteiger partial charge in [-0.05, 0) is 70.0 Å². The van der Waals surface area contributed by atoms with Gasteiger partial charge >= 0.3 is 0 Å². The fourth-order valence-electron chi connectivity index (χ4n) is 4.69. The van der Waals surface area contributed by atoms with Crippen molar-refractivity contribution >= 4 is 11.6 Å². The number of carbonyl (C=O) groups is 2. The highest BCUT2D eigenvalue weighted by Gasteiger charge is 2.43. The van der Waals surface area contributed by atoms with Crippen LogP contribution >= 0.6 is 0 Å². The van der Waals surface area contributed by atoms with Crippen molar-refractivity contribution < 1.29 is 14.3 Å². The van der Waals surface area contributed by atoms with Crippen LogP contribution in [0.3, 0.4) is 0 Å². The Hall–Kier alpha value is -0.780. The van der Waals surface area contributed by atoms with Crippen molar-refractivity contribution in [3.63, 3.8) is 0 Å². The maximum absolute atomic E-state index is 12.6. The van der Waals surface area contributed by atoms with Gasteiger partial charge in [0.25, 0.3) is 0 Å². The zero-order valence-electron chi connectivity index (χ0n) is 14.7. The summed E-state index contributed by atoms with van der Waals surface area (Å²) in [4.78, 5) is 24.6. The van der Waals surface area contributed by atoms with Gasteiger partial charge in [0, 0.05) is 13.0 Å². The minimum absolute atomic E-state index is 0.0566. The summed E-state index contributed by atoms with van der Waals surface area (Å²) in [5.74, 6) is 0.445. The number of hydrogen-bond acceptors (Lipinski definition) is 5. The molecule has 0 amide bonds. The molecule has 0 aromatic carbocycles. The third-order valence-corrected chi connectivity index (χ3v) is 5.97. The average molecular weight is 336 g/mol. The van der Waals surface area contributed by atoms with Crippen LogP contribution in [-0.2, 0) is 14.3 Å². The van der Waals surface area contributed by atoms with E-state index in [1.807, 2.05) is 0 Å². The number of ether oxygens (including phenoxy) is 1. The predicted molar refractivity (Wildman–Crippen MR) is 92.9 cm³/mol. The lowest BCUT2D eigenvalue weighted by Gasteiger charge is -2.39. The number of hydrogen-bond donors (Lipinski definition) is 2. The molecule has 4 atom stereocenters.